The molecule has 152 valence electrons. The first-order chi connectivity index (χ1) is 14.6. The Kier molecular flexibility index (Phi) is 3.65. The number of anilines is 1. The van der Waals surface area contributed by atoms with Crippen molar-refractivity contribution < 1.29 is 4.79 Å². The first-order valence-corrected chi connectivity index (χ1v) is 10.4. The van der Waals surface area contributed by atoms with Crippen molar-refractivity contribution in [3.63, 3.8) is 0 Å². The Morgan fingerprint density at radius 2 is 2.17 bits per heavy atom. The van der Waals surface area contributed by atoms with Crippen LogP contribution in [0.3, 0.4) is 0 Å². The van der Waals surface area contributed by atoms with Gasteiger partial charge in [-0.05, 0) is 38.3 Å². The van der Waals surface area contributed by atoms with E-state index in [9.17, 15) is 4.79 Å². The fourth-order valence-corrected chi connectivity index (χ4v) is 5.02. The predicted octanol–water partition coefficient (Wildman–Crippen LogP) is 3.23. The fraction of sp³-hybridized carbons (Fsp3) is 0.364. The quantitative estimate of drug-likeness (QED) is 0.548. The Labute approximate surface area is 173 Å². The van der Waals surface area contributed by atoms with E-state index in [0.717, 1.165) is 53.6 Å². The highest BCUT2D eigenvalue weighted by atomic mass is 16.2. The number of carbonyl (C=O) groups excluding carboxylic acids is 1. The van der Waals surface area contributed by atoms with Crippen LogP contribution in [0, 0.1) is 0 Å². The molecule has 2 aliphatic rings. The summed E-state index contributed by atoms with van der Waals surface area (Å²) in [6, 6.07) is 4.36. The molecule has 4 aromatic rings. The molecule has 1 aliphatic heterocycles. The topological polar surface area (TPSA) is 91.2 Å². The van der Waals surface area contributed by atoms with Gasteiger partial charge in [0.1, 0.15) is 11.3 Å². The second-order valence-electron chi connectivity index (χ2n) is 8.66. The first kappa shape index (κ1) is 17.4. The van der Waals surface area contributed by atoms with Crippen LogP contribution < -0.4 is 5.32 Å². The molecule has 0 radical (unpaired) electrons. The van der Waals surface area contributed by atoms with Crippen molar-refractivity contribution in [3.05, 3.63) is 43.1 Å². The molecular formula is C22H23N7O. The minimum Gasteiger partial charge on any atom is -0.351 e. The third-order valence-electron chi connectivity index (χ3n) is 6.56. The highest BCUT2D eigenvalue weighted by Gasteiger charge is 2.48. The molecule has 6 rings (SSSR count). The molecule has 5 heterocycles. The van der Waals surface area contributed by atoms with Crippen LogP contribution in [0.4, 0.5) is 5.95 Å². The average Bonchev–Trinajstić information content (AvgIpc) is 3.44. The summed E-state index contributed by atoms with van der Waals surface area (Å²) in [6.45, 7) is 3.08. The van der Waals surface area contributed by atoms with Gasteiger partial charge in [-0.2, -0.15) is 4.98 Å². The lowest BCUT2D eigenvalue weighted by atomic mass is 9.73. The molecule has 30 heavy (non-hydrogen) atoms. The molecule has 1 aliphatic carbocycles. The predicted molar refractivity (Wildman–Crippen MR) is 114 cm³/mol. The molecule has 0 spiro atoms. The minimum atomic E-state index is -0.0269. The Morgan fingerprint density at radius 3 is 3.00 bits per heavy atom. The molecule has 8 heteroatoms. The summed E-state index contributed by atoms with van der Waals surface area (Å²) in [4.78, 5) is 30.9. The molecule has 2 N–H and O–H groups in total. The van der Waals surface area contributed by atoms with Crippen molar-refractivity contribution in [2.45, 2.75) is 44.2 Å². The molecule has 1 saturated carbocycles. The number of H-pyrrole nitrogens is 1. The summed E-state index contributed by atoms with van der Waals surface area (Å²) in [6.07, 6.45) is 13.2. The smallest absolute Gasteiger partial charge is 0.224 e. The summed E-state index contributed by atoms with van der Waals surface area (Å²) in [5.74, 6) is 0.919. The number of likely N-dealkylation sites (tertiary alicyclic amines) is 1. The van der Waals surface area contributed by atoms with Gasteiger partial charge < -0.3 is 19.6 Å². The number of hydrogen-bond acceptors (Lipinski definition) is 5. The number of nitrogens with one attached hydrogen (secondary N) is 2. The van der Waals surface area contributed by atoms with Crippen LogP contribution in [0.2, 0.25) is 0 Å². The van der Waals surface area contributed by atoms with Crippen molar-refractivity contribution in [2.24, 2.45) is 0 Å². The van der Waals surface area contributed by atoms with Gasteiger partial charge in [-0.1, -0.05) is 0 Å². The van der Waals surface area contributed by atoms with Crippen molar-refractivity contribution in [1.82, 2.24) is 29.2 Å². The van der Waals surface area contributed by atoms with Crippen LogP contribution in [0.15, 0.2) is 43.1 Å². The Morgan fingerprint density at radius 1 is 1.27 bits per heavy atom. The highest BCUT2D eigenvalue weighted by Crippen LogP contribution is 2.41. The van der Waals surface area contributed by atoms with E-state index in [1.807, 2.05) is 29.1 Å². The number of fused-ring (bicyclic) bond motifs is 2. The number of amides is 1. The maximum Gasteiger partial charge on any atom is 0.224 e. The third kappa shape index (κ3) is 2.67. The van der Waals surface area contributed by atoms with Crippen LogP contribution in [-0.4, -0.2) is 53.3 Å². The third-order valence-corrected chi connectivity index (χ3v) is 6.56. The molecular weight excluding hydrogens is 378 g/mol. The van der Waals surface area contributed by atoms with E-state index in [1.165, 1.54) is 0 Å². The van der Waals surface area contributed by atoms with Crippen LogP contribution in [0.25, 0.3) is 27.8 Å². The number of aromatic nitrogens is 5. The molecule has 0 unspecified atom stereocenters. The first-order valence-electron chi connectivity index (χ1n) is 10.4. The summed E-state index contributed by atoms with van der Waals surface area (Å²) < 4.78 is 2.00. The van der Waals surface area contributed by atoms with Gasteiger partial charge >= 0.3 is 0 Å². The second kappa shape index (κ2) is 6.29. The summed E-state index contributed by atoms with van der Waals surface area (Å²) >= 11 is 0. The van der Waals surface area contributed by atoms with E-state index in [0.29, 0.717) is 24.3 Å². The van der Waals surface area contributed by atoms with E-state index < -0.39 is 0 Å². The van der Waals surface area contributed by atoms with E-state index in [4.69, 9.17) is 0 Å². The lowest BCUT2D eigenvalue weighted by molar-refractivity contribution is -0.136. The standard InChI is InChI=1S/C22H23N7O/c1-22(29-7-2-3-19(29)30)9-15(10-22)26-21-25-12-17-16(11-24-20(17)27-21)14-4-5-18-23-6-8-28(18)13-14/h4-6,8,11-13,15H,2-3,7,9-10H2,1H3,(H2,24,25,26,27). The lowest BCUT2D eigenvalue weighted by Gasteiger charge is -2.51. The second-order valence-corrected chi connectivity index (χ2v) is 8.66. The maximum absolute atomic E-state index is 12.1. The number of imidazole rings is 1. The number of pyridine rings is 1. The fourth-order valence-electron chi connectivity index (χ4n) is 5.02. The molecule has 1 saturated heterocycles. The van der Waals surface area contributed by atoms with E-state index in [1.54, 1.807) is 6.20 Å². The van der Waals surface area contributed by atoms with Gasteiger partial charge in [0, 0.05) is 72.0 Å². The average molecular weight is 401 g/mol. The zero-order valence-corrected chi connectivity index (χ0v) is 16.8. The normalized spacial score (nSPS) is 24.0. The van der Waals surface area contributed by atoms with Gasteiger partial charge in [0.15, 0.2) is 0 Å². The summed E-state index contributed by atoms with van der Waals surface area (Å²) in [5.41, 5.74) is 3.85. The van der Waals surface area contributed by atoms with E-state index in [-0.39, 0.29) is 5.54 Å². The Hall–Kier alpha value is -3.42. The van der Waals surface area contributed by atoms with Crippen LogP contribution in [-0.2, 0) is 4.79 Å². The van der Waals surface area contributed by atoms with Crippen molar-refractivity contribution in [2.75, 3.05) is 11.9 Å². The zero-order chi connectivity index (χ0) is 20.3. The maximum atomic E-state index is 12.1. The molecule has 0 atom stereocenters. The minimum absolute atomic E-state index is 0.0269. The van der Waals surface area contributed by atoms with E-state index in [2.05, 4.69) is 49.3 Å². The summed E-state index contributed by atoms with van der Waals surface area (Å²) in [7, 11) is 0. The monoisotopic (exact) mass is 401 g/mol. The van der Waals surface area contributed by atoms with Crippen LogP contribution in [0.1, 0.15) is 32.6 Å². The molecule has 0 bridgehead atoms. The number of rotatable bonds is 4. The number of hydrogen-bond donors (Lipinski definition) is 2. The summed E-state index contributed by atoms with van der Waals surface area (Å²) in [5, 5.41) is 4.43. The molecule has 8 nitrogen and oxygen atoms in total. The molecule has 1 amide bonds. The Balaban J connectivity index is 1.20. The van der Waals surface area contributed by atoms with Crippen LogP contribution >= 0.6 is 0 Å². The van der Waals surface area contributed by atoms with Gasteiger partial charge in [0.2, 0.25) is 11.9 Å². The molecule has 0 aromatic carbocycles. The van der Waals surface area contributed by atoms with Gasteiger partial charge in [0.25, 0.3) is 0 Å². The number of aromatic amines is 1. The van der Waals surface area contributed by atoms with Crippen LogP contribution in [0.5, 0.6) is 0 Å². The number of carbonyl (C=O) groups is 1. The highest BCUT2D eigenvalue weighted by molar-refractivity contribution is 5.93. The largest absolute Gasteiger partial charge is 0.351 e. The van der Waals surface area contributed by atoms with Crippen molar-refractivity contribution >= 4 is 28.5 Å². The Bertz CT molecular complexity index is 1270. The zero-order valence-electron chi connectivity index (χ0n) is 16.8. The molecule has 4 aromatic heterocycles. The van der Waals surface area contributed by atoms with Gasteiger partial charge in [-0.25, -0.2) is 9.97 Å². The van der Waals surface area contributed by atoms with Gasteiger partial charge in [-0.3, -0.25) is 4.79 Å². The molecule has 2 fully saturated rings. The van der Waals surface area contributed by atoms with Gasteiger partial charge in [-0.15, -0.1) is 0 Å². The lowest BCUT2D eigenvalue weighted by Crippen LogP contribution is -2.59. The SMILES string of the molecule is CC1(N2CCCC2=O)CC(Nc2ncc3c(-c4ccc5nccn5c4)c[nH]c3n2)C1. The van der Waals surface area contributed by atoms with Crippen molar-refractivity contribution in [3.8, 4) is 11.1 Å². The van der Waals surface area contributed by atoms with Gasteiger partial charge in [0.05, 0.1) is 0 Å². The van der Waals surface area contributed by atoms with E-state index >= 15 is 0 Å². The number of nitrogens with zero attached hydrogens (tertiary/aromatic N) is 5. The van der Waals surface area contributed by atoms with Crippen molar-refractivity contribution in [1.29, 1.82) is 0 Å².